The number of rotatable bonds is 4. The third-order valence-electron chi connectivity index (χ3n) is 4.60. The standard InChI is InChI=1S/C18H20.C6H8.C3H6/c1-3-8-15(9-4-1)17-12-7-13-18(14-17)16-10-5-2-6-11-16;1-3-5-6-4-2;1-3-2/h1-6,8-11,17-18H,7,12-14H2;3-6H,1-2H2;3H,1H2,2H3/b;6-5-;. The summed E-state index contributed by atoms with van der Waals surface area (Å²) in [6, 6.07) is 22.1. The molecule has 2 unspecified atom stereocenters. The van der Waals surface area contributed by atoms with Crippen molar-refractivity contribution in [1.82, 2.24) is 0 Å². The van der Waals surface area contributed by atoms with Crippen LogP contribution in [0, 0.1) is 0 Å². The van der Waals surface area contributed by atoms with E-state index in [9.17, 15) is 0 Å². The predicted octanol–water partition coefficient (Wildman–Crippen LogP) is 8.23. The highest BCUT2D eigenvalue weighted by atomic mass is 14.3. The minimum atomic E-state index is 0.755. The van der Waals surface area contributed by atoms with Gasteiger partial charge in [-0.2, -0.15) is 0 Å². The van der Waals surface area contributed by atoms with Crippen LogP contribution in [0.1, 0.15) is 55.6 Å². The highest BCUT2D eigenvalue weighted by Crippen LogP contribution is 2.40. The van der Waals surface area contributed by atoms with Crippen molar-refractivity contribution in [3.8, 4) is 0 Å². The first-order valence-corrected chi connectivity index (χ1v) is 9.83. The van der Waals surface area contributed by atoms with Gasteiger partial charge in [0.2, 0.25) is 0 Å². The van der Waals surface area contributed by atoms with Crippen LogP contribution in [0.25, 0.3) is 0 Å². The topological polar surface area (TPSA) is 0 Å². The summed E-state index contributed by atoms with van der Waals surface area (Å²) >= 11 is 0. The van der Waals surface area contributed by atoms with E-state index in [0.717, 1.165) is 11.8 Å². The zero-order chi connectivity index (χ0) is 19.7. The molecule has 0 nitrogen and oxygen atoms in total. The van der Waals surface area contributed by atoms with Crippen LogP contribution in [0.2, 0.25) is 0 Å². The van der Waals surface area contributed by atoms with Gasteiger partial charge in [0.15, 0.2) is 0 Å². The molecule has 0 heteroatoms. The molecule has 0 aliphatic heterocycles. The average molecular weight is 359 g/mol. The van der Waals surface area contributed by atoms with Gasteiger partial charge in [-0.1, -0.05) is 111 Å². The van der Waals surface area contributed by atoms with Crippen molar-refractivity contribution >= 4 is 0 Å². The summed E-state index contributed by atoms with van der Waals surface area (Å²) in [5.41, 5.74) is 3.05. The molecule has 0 spiro atoms. The van der Waals surface area contributed by atoms with E-state index in [0.29, 0.717) is 0 Å². The molecule has 27 heavy (non-hydrogen) atoms. The van der Waals surface area contributed by atoms with Crippen molar-refractivity contribution in [1.29, 1.82) is 0 Å². The molecule has 3 rings (SSSR count). The van der Waals surface area contributed by atoms with E-state index in [4.69, 9.17) is 0 Å². The van der Waals surface area contributed by atoms with E-state index in [1.165, 1.54) is 36.8 Å². The normalized spacial score (nSPS) is 18.3. The van der Waals surface area contributed by atoms with Crippen molar-refractivity contribution in [2.24, 2.45) is 0 Å². The van der Waals surface area contributed by atoms with Gasteiger partial charge in [-0.25, -0.2) is 0 Å². The Morgan fingerprint density at radius 2 is 1.07 bits per heavy atom. The monoisotopic (exact) mass is 358 g/mol. The van der Waals surface area contributed by atoms with Crippen LogP contribution in [0.3, 0.4) is 0 Å². The second-order valence-corrected chi connectivity index (χ2v) is 6.65. The van der Waals surface area contributed by atoms with Crippen LogP contribution >= 0.6 is 0 Å². The molecule has 2 atom stereocenters. The smallest absolute Gasteiger partial charge is 0.0156 e. The fourth-order valence-electron chi connectivity index (χ4n) is 3.40. The molecule has 1 saturated carbocycles. The summed E-state index contributed by atoms with van der Waals surface area (Å²) in [5.74, 6) is 1.51. The molecule has 0 radical (unpaired) electrons. The van der Waals surface area contributed by atoms with Crippen LogP contribution in [-0.2, 0) is 0 Å². The third-order valence-corrected chi connectivity index (χ3v) is 4.60. The molecule has 0 heterocycles. The van der Waals surface area contributed by atoms with Crippen LogP contribution in [0.4, 0.5) is 0 Å². The summed E-state index contributed by atoms with van der Waals surface area (Å²) < 4.78 is 0. The van der Waals surface area contributed by atoms with Crippen molar-refractivity contribution < 1.29 is 0 Å². The Hall–Kier alpha value is -2.60. The highest BCUT2D eigenvalue weighted by molar-refractivity contribution is 5.24. The molecular weight excluding hydrogens is 324 g/mol. The molecule has 0 bridgehead atoms. The summed E-state index contributed by atoms with van der Waals surface area (Å²) in [5, 5.41) is 0. The lowest BCUT2D eigenvalue weighted by Crippen LogP contribution is -2.12. The van der Waals surface area contributed by atoms with Crippen LogP contribution in [0.15, 0.2) is 111 Å². The molecule has 2 aromatic carbocycles. The maximum absolute atomic E-state index is 3.46. The van der Waals surface area contributed by atoms with Crippen LogP contribution in [0.5, 0.6) is 0 Å². The Labute approximate surface area is 166 Å². The lowest BCUT2D eigenvalue weighted by molar-refractivity contribution is 0.394. The maximum Gasteiger partial charge on any atom is -0.0156 e. The van der Waals surface area contributed by atoms with Crippen molar-refractivity contribution in [2.45, 2.75) is 44.4 Å². The van der Waals surface area contributed by atoms with Crippen LogP contribution < -0.4 is 0 Å². The van der Waals surface area contributed by atoms with Gasteiger partial charge >= 0.3 is 0 Å². The van der Waals surface area contributed by atoms with Crippen molar-refractivity contribution in [3.63, 3.8) is 0 Å². The fraction of sp³-hybridized carbons (Fsp3) is 0.259. The average Bonchev–Trinajstić information content (AvgIpc) is 2.75. The minimum Gasteiger partial charge on any atom is -0.103 e. The SMILES string of the molecule is C=C/C=C\C=C.C=CC.c1ccc(C2CCCC(c3ccccc3)C2)cc1. The van der Waals surface area contributed by atoms with Gasteiger partial charge in [0.1, 0.15) is 0 Å². The van der Waals surface area contributed by atoms with Crippen molar-refractivity contribution in [3.05, 3.63) is 122 Å². The van der Waals surface area contributed by atoms with E-state index < -0.39 is 0 Å². The Balaban J connectivity index is 0.000000343. The van der Waals surface area contributed by atoms with Gasteiger partial charge in [0.05, 0.1) is 0 Å². The molecule has 0 N–H and O–H groups in total. The van der Waals surface area contributed by atoms with Gasteiger partial charge < -0.3 is 0 Å². The maximum atomic E-state index is 3.46. The van der Waals surface area contributed by atoms with Gasteiger partial charge in [-0.05, 0) is 49.1 Å². The Kier molecular flexibility index (Phi) is 12.1. The molecule has 1 aliphatic rings. The number of hydrogen-bond acceptors (Lipinski definition) is 0. The van der Waals surface area contributed by atoms with Gasteiger partial charge in [-0.15, -0.1) is 6.58 Å². The molecule has 0 saturated heterocycles. The van der Waals surface area contributed by atoms with Gasteiger partial charge in [-0.3, -0.25) is 0 Å². The summed E-state index contributed by atoms with van der Waals surface area (Å²) in [7, 11) is 0. The molecule has 0 aromatic heterocycles. The van der Waals surface area contributed by atoms with Crippen molar-refractivity contribution in [2.75, 3.05) is 0 Å². The van der Waals surface area contributed by atoms with E-state index in [1.54, 1.807) is 18.2 Å². The lowest BCUT2D eigenvalue weighted by Gasteiger charge is -2.29. The largest absolute Gasteiger partial charge is 0.103 e. The summed E-state index contributed by atoms with van der Waals surface area (Å²) in [6.45, 7) is 12.2. The van der Waals surface area contributed by atoms with Crippen LogP contribution in [-0.4, -0.2) is 0 Å². The van der Waals surface area contributed by atoms with E-state index in [2.05, 4.69) is 80.4 Å². The fourth-order valence-corrected chi connectivity index (χ4v) is 3.40. The summed E-state index contributed by atoms with van der Waals surface area (Å²) in [4.78, 5) is 0. The minimum absolute atomic E-state index is 0.755. The first-order chi connectivity index (χ1) is 13.3. The molecule has 2 aromatic rings. The number of benzene rings is 2. The van der Waals surface area contributed by atoms with E-state index in [1.807, 2.05) is 19.1 Å². The Bertz CT molecular complexity index is 608. The molecular formula is C27H34. The van der Waals surface area contributed by atoms with Gasteiger partial charge in [0, 0.05) is 0 Å². The van der Waals surface area contributed by atoms with E-state index in [-0.39, 0.29) is 0 Å². The first kappa shape index (κ1) is 22.4. The number of allylic oxidation sites excluding steroid dienone is 5. The zero-order valence-electron chi connectivity index (χ0n) is 16.8. The molecule has 1 aliphatic carbocycles. The second-order valence-electron chi connectivity index (χ2n) is 6.65. The Morgan fingerprint density at radius 1 is 0.704 bits per heavy atom. The second kappa shape index (κ2) is 14.6. The van der Waals surface area contributed by atoms with E-state index >= 15 is 0 Å². The summed E-state index contributed by atoms with van der Waals surface area (Å²) in [6.07, 6.45) is 14.2. The zero-order valence-corrected chi connectivity index (χ0v) is 16.8. The molecule has 142 valence electrons. The van der Waals surface area contributed by atoms with Gasteiger partial charge in [0.25, 0.3) is 0 Å². The first-order valence-electron chi connectivity index (χ1n) is 9.83. The highest BCUT2D eigenvalue weighted by Gasteiger charge is 2.23. The third kappa shape index (κ3) is 9.06. The lowest BCUT2D eigenvalue weighted by atomic mass is 9.75. The predicted molar refractivity (Wildman–Crippen MR) is 122 cm³/mol. The molecule has 0 amide bonds. The Morgan fingerprint density at radius 3 is 1.41 bits per heavy atom. The molecule has 1 fully saturated rings. The quantitative estimate of drug-likeness (QED) is 0.381. The number of hydrogen-bond donors (Lipinski definition) is 0.